The number of carbonyl (C=O) groups is 1. The van der Waals surface area contributed by atoms with Crippen molar-refractivity contribution < 1.29 is 14.1 Å². The molecule has 5 nitrogen and oxygen atoms in total. The Morgan fingerprint density at radius 2 is 2.40 bits per heavy atom. The van der Waals surface area contributed by atoms with Gasteiger partial charge in [-0.2, -0.15) is 0 Å². The summed E-state index contributed by atoms with van der Waals surface area (Å²) < 4.78 is 9.34. The minimum Gasteiger partial charge on any atom is -0.465 e. The van der Waals surface area contributed by atoms with Crippen molar-refractivity contribution in [2.45, 2.75) is 0 Å². The summed E-state index contributed by atoms with van der Waals surface area (Å²) in [6.07, 6.45) is 4.50. The molecule has 0 spiro atoms. The van der Waals surface area contributed by atoms with Crippen LogP contribution in [0.5, 0.6) is 0 Å². The highest BCUT2D eigenvalue weighted by Crippen LogP contribution is 2.21. The van der Waals surface area contributed by atoms with Gasteiger partial charge in [0, 0.05) is 18.0 Å². The maximum Gasteiger partial charge on any atom is 0.343 e. The number of hydrogen-bond acceptors (Lipinski definition) is 5. The van der Waals surface area contributed by atoms with E-state index >= 15 is 0 Å². The first-order valence-corrected chi connectivity index (χ1v) is 4.26. The van der Waals surface area contributed by atoms with Gasteiger partial charge >= 0.3 is 5.97 Å². The van der Waals surface area contributed by atoms with Gasteiger partial charge in [0.25, 0.3) is 0 Å². The number of aromatic nitrogens is 2. The largest absolute Gasteiger partial charge is 0.465 e. The van der Waals surface area contributed by atoms with Gasteiger partial charge < -0.3 is 9.26 Å². The Balaban J connectivity index is 2.46. The number of methoxy groups -OCH3 is 1. The molecule has 0 saturated carbocycles. The van der Waals surface area contributed by atoms with Gasteiger partial charge in [-0.1, -0.05) is 5.16 Å². The van der Waals surface area contributed by atoms with E-state index in [0.717, 1.165) is 0 Å². The Kier molecular flexibility index (Phi) is 2.45. The molecule has 0 aliphatic carbocycles. The number of ether oxygens (including phenoxy) is 1. The molecule has 2 aromatic rings. The van der Waals surface area contributed by atoms with Crippen molar-refractivity contribution in [3.05, 3.63) is 36.4 Å². The van der Waals surface area contributed by atoms with Crippen LogP contribution in [0.4, 0.5) is 0 Å². The van der Waals surface area contributed by atoms with Gasteiger partial charge in [0.05, 0.1) is 7.11 Å². The van der Waals surface area contributed by atoms with E-state index in [4.69, 9.17) is 4.52 Å². The monoisotopic (exact) mass is 204 g/mol. The zero-order chi connectivity index (χ0) is 10.7. The highest BCUT2D eigenvalue weighted by Gasteiger charge is 2.17. The van der Waals surface area contributed by atoms with Gasteiger partial charge in [0.15, 0.2) is 0 Å². The number of carbonyl (C=O) groups excluding carboxylic acids is 1. The summed E-state index contributed by atoms with van der Waals surface area (Å²) in [4.78, 5) is 15.3. The van der Waals surface area contributed by atoms with E-state index in [1.165, 1.54) is 13.4 Å². The van der Waals surface area contributed by atoms with Crippen molar-refractivity contribution >= 4 is 5.97 Å². The van der Waals surface area contributed by atoms with Gasteiger partial charge in [-0.05, 0) is 12.1 Å². The van der Waals surface area contributed by atoms with Crippen LogP contribution in [0.2, 0.25) is 0 Å². The molecule has 2 aromatic heterocycles. The van der Waals surface area contributed by atoms with Gasteiger partial charge in [0.1, 0.15) is 17.5 Å². The lowest BCUT2D eigenvalue weighted by molar-refractivity contribution is 0.0600. The number of nitrogens with zero attached hydrogens (tertiary/aromatic N) is 2. The summed E-state index contributed by atoms with van der Waals surface area (Å²) in [5.74, 6) is -0.477. The van der Waals surface area contributed by atoms with Gasteiger partial charge in [-0.15, -0.1) is 0 Å². The Bertz CT molecular complexity index is 465. The van der Waals surface area contributed by atoms with Crippen molar-refractivity contribution in [1.82, 2.24) is 10.1 Å². The van der Waals surface area contributed by atoms with Crippen LogP contribution in [-0.4, -0.2) is 23.2 Å². The van der Waals surface area contributed by atoms with Crippen LogP contribution in [0.3, 0.4) is 0 Å². The van der Waals surface area contributed by atoms with E-state index < -0.39 is 5.97 Å². The fourth-order valence-corrected chi connectivity index (χ4v) is 1.20. The van der Waals surface area contributed by atoms with Gasteiger partial charge in [-0.3, -0.25) is 4.98 Å². The molecule has 0 amide bonds. The molecular formula is C10H8N2O3. The van der Waals surface area contributed by atoms with Crippen LogP contribution in [-0.2, 0) is 4.74 Å². The van der Waals surface area contributed by atoms with Crippen LogP contribution in [0.15, 0.2) is 35.3 Å². The number of rotatable bonds is 2. The molecule has 0 fully saturated rings. The predicted octanol–water partition coefficient (Wildman–Crippen LogP) is 1.52. The molecular weight excluding hydrogens is 196 g/mol. The van der Waals surface area contributed by atoms with Gasteiger partial charge in [-0.25, -0.2) is 4.79 Å². The quantitative estimate of drug-likeness (QED) is 0.694. The second-order valence-electron chi connectivity index (χ2n) is 2.81. The summed E-state index contributed by atoms with van der Waals surface area (Å²) in [5, 5.41) is 3.74. The van der Waals surface area contributed by atoms with E-state index in [0.29, 0.717) is 16.8 Å². The molecule has 0 aliphatic rings. The topological polar surface area (TPSA) is 65.2 Å². The maximum atomic E-state index is 11.3. The van der Waals surface area contributed by atoms with E-state index in [1.807, 2.05) is 0 Å². The summed E-state index contributed by atoms with van der Waals surface area (Å²) in [6, 6.07) is 3.54. The third-order valence-corrected chi connectivity index (χ3v) is 1.91. The summed E-state index contributed by atoms with van der Waals surface area (Å²) in [7, 11) is 1.31. The zero-order valence-electron chi connectivity index (χ0n) is 8.01. The van der Waals surface area contributed by atoms with Crippen molar-refractivity contribution in [2.75, 3.05) is 7.11 Å². The van der Waals surface area contributed by atoms with Crippen LogP contribution in [0, 0.1) is 0 Å². The van der Waals surface area contributed by atoms with Crippen molar-refractivity contribution in [1.29, 1.82) is 0 Å². The normalized spacial score (nSPS) is 9.93. The van der Waals surface area contributed by atoms with E-state index in [-0.39, 0.29) is 0 Å². The molecule has 0 radical (unpaired) electrons. The predicted molar refractivity (Wildman–Crippen MR) is 51.1 cm³/mol. The lowest BCUT2D eigenvalue weighted by atomic mass is 10.1. The molecule has 76 valence electrons. The SMILES string of the molecule is COC(=O)c1conc1-c1cccnc1. The summed E-state index contributed by atoms with van der Waals surface area (Å²) in [6.45, 7) is 0. The average molecular weight is 204 g/mol. The molecule has 0 bridgehead atoms. The molecule has 5 heteroatoms. The first kappa shape index (κ1) is 9.39. The van der Waals surface area contributed by atoms with Crippen LogP contribution < -0.4 is 0 Å². The second kappa shape index (κ2) is 3.91. The molecule has 2 rings (SSSR count). The molecule has 0 aliphatic heterocycles. The Hall–Kier alpha value is -2.17. The molecule has 0 unspecified atom stereocenters. The van der Waals surface area contributed by atoms with Crippen LogP contribution in [0.1, 0.15) is 10.4 Å². The van der Waals surface area contributed by atoms with Crippen molar-refractivity contribution in [3.8, 4) is 11.3 Å². The fourth-order valence-electron chi connectivity index (χ4n) is 1.20. The molecule has 0 saturated heterocycles. The highest BCUT2D eigenvalue weighted by atomic mass is 16.5. The number of hydrogen-bond donors (Lipinski definition) is 0. The lowest BCUT2D eigenvalue weighted by Crippen LogP contribution is -2.01. The van der Waals surface area contributed by atoms with Crippen molar-refractivity contribution in [3.63, 3.8) is 0 Å². The zero-order valence-corrected chi connectivity index (χ0v) is 8.01. The molecule has 0 aromatic carbocycles. The Morgan fingerprint density at radius 1 is 1.53 bits per heavy atom. The first-order valence-electron chi connectivity index (χ1n) is 4.26. The van der Waals surface area contributed by atoms with Crippen LogP contribution >= 0.6 is 0 Å². The number of esters is 1. The van der Waals surface area contributed by atoms with E-state index in [2.05, 4.69) is 14.9 Å². The average Bonchev–Trinajstić information content (AvgIpc) is 2.78. The second-order valence-corrected chi connectivity index (χ2v) is 2.81. The standard InChI is InChI=1S/C10H8N2O3/c1-14-10(13)8-6-15-12-9(8)7-3-2-4-11-5-7/h2-6H,1H3. The number of pyridine rings is 1. The smallest absolute Gasteiger partial charge is 0.343 e. The molecule has 0 atom stereocenters. The molecule has 2 heterocycles. The van der Waals surface area contributed by atoms with Crippen molar-refractivity contribution in [2.24, 2.45) is 0 Å². The Labute approximate surface area is 85.7 Å². The molecule has 15 heavy (non-hydrogen) atoms. The molecule has 0 N–H and O–H groups in total. The van der Waals surface area contributed by atoms with Gasteiger partial charge in [0.2, 0.25) is 0 Å². The van der Waals surface area contributed by atoms with Crippen LogP contribution in [0.25, 0.3) is 11.3 Å². The summed E-state index contributed by atoms with van der Waals surface area (Å²) in [5.41, 5.74) is 1.45. The maximum absolute atomic E-state index is 11.3. The lowest BCUT2D eigenvalue weighted by Gasteiger charge is -1.98. The first-order chi connectivity index (χ1) is 7.33. The fraction of sp³-hybridized carbons (Fsp3) is 0.100. The summed E-state index contributed by atoms with van der Waals surface area (Å²) >= 11 is 0. The van der Waals surface area contributed by atoms with E-state index in [1.54, 1.807) is 24.5 Å². The van der Waals surface area contributed by atoms with E-state index in [9.17, 15) is 4.79 Å². The highest BCUT2D eigenvalue weighted by molar-refractivity contribution is 5.95. The Morgan fingerprint density at radius 3 is 3.07 bits per heavy atom. The third-order valence-electron chi connectivity index (χ3n) is 1.91. The third kappa shape index (κ3) is 1.71. The minimum atomic E-state index is -0.477. The minimum absolute atomic E-state index is 0.297.